The fourth-order valence-electron chi connectivity index (χ4n) is 6.10. The van der Waals surface area contributed by atoms with Crippen molar-refractivity contribution >= 4 is 16.3 Å². The molecule has 2 aliphatic rings. The van der Waals surface area contributed by atoms with Crippen LogP contribution >= 0.6 is 0 Å². The van der Waals surface area contributed by atoms with E-state index in [1.54, 1.807) is 36.3 Å². The molecule has 226 valence electrons. The molecule has 1 saturated heterocycles. The number of nitrogens with zero attached hydrogens (tertiary/aromatic N) is 3. The van der Waals surface area contributed by atoms with E-state index in [-0.39, 0.29) is 37.0 Å². The third-order valence-electron chi connectivity index (χ3n) is 8.37. The Hall–Kier alpha value is -2.73. The topological polar surface area (TPSA) is 88.6 Å². The molecule has 41 heavy (non-hydrogen) atoms. The molecular formula is C30H42FN3O6S. The molecule has 0 bridgehead atoms. The van der Waals surface area contributed by atoms with Crippen LogP contribution in [0.1, 0.15) is 56.1 Å². The molecule has 4 rings (SSSR count). The molecule has 0 radical (unpaired) electrons. The molecule has 11 heteroatoms. The monoisotopic (exact) mass is 591 g/mol. The lowest BCUT2D eigenvalue weighted by Crippen LogP contribution is -2.53. The standard InChI is InChI=1S/C30H42FN3O6S/c1-21-17-28(33(41(36,37)32(2)3)19-22-9-13-26(38-4)14-10-22)29(34(21)30(35)39-5)20-40-27-15-11-23(12-16-27)24-7-6-8-25(31)18-24/h6-10,13-14,18,21,23,27-29H,11-12,15-17,19-20H2,1-5H3/t21-,23?,27?,28+,29+/m1/s1. The van der Waals surface area contributed by atoms with E-state index in [1.165, 1.54) is 35.9 Å². The summed E-state index contributed by atoms with van der Waals surface area (Å²) in [7, 11) is 2.07. The second-order valence-electron chi connectivity index (χ2n) is 11.1. The lowest BCUT2D eigenvalue weighted by atomic mass is 9.82. The predicted molar refractivity (Wildman–Crippen MR) is 154 cm³/mol. The van der Waals surface area contributed by atoms with Crippen molar-refractivity contribution in [3.63, 3.8) is 0 Å². The number of carbonyl (C=O) groups is 1. The first-order valence-corrected chi connectivity index (χ1v) is 15.5. The number of hydrogen-bond acceptors (Lipinski definition) is 6. The molecule has 0 unspecified atom stereocenters. The van der Waals surface area contributed by atoms with Crippen molar-refractivity contribution < 1.29 is 31.8 Å². The molecule has 1 aliphatic heterocycles. The molecule has 2 aromatic carbocycles. The van der Waals surface area contributed by atoms with Crippen molar-refractivity contribution in [3.05, 3.63) is 65.5 Å². The van der Waals surface area contributed by atoms with Gasteiger partial charge in [-0.15, -0.1) is 0 Å². The van der Waals surface area contributed by atoms with E-state index in [2.05, 4.69) is 0 Å². The Morgan fingerprint density at radius 1 is 1.05 bits per heavy atom. The predicted octanol–water partition coefficient (Wildman–Crippen LogP) is 4.78. The number of ether oxygens (including phenoxy) is 3. The average Bonchev–Trinajstić information content (AvgIpc) is 3.29. The third-order valence-corrected chi connectivity index (χ3v) is 10.3. The van der Waals surface area contributed by atoms with Crippen LogP contribution in [0.5, 0.6) is 5.75 Å². The van der Waals surface area contributed by atoms with Crippen LogP contribution in [0.15, 0.2) is 48.5 Å². The van der Waals surface area contributed by atoms with Gasteiger partial charge in [0.25, 0.3) is 10.2 Å². The Morgan fingerprint density at radius 3 is 2.32 bits per heavy atom. The van der Waals surface area contributed by atoms with Gasteiger partial charge in [0.05, 0.1) is 39.0 Å². The maximum atomic E-state index is 13.7. The molecule has 2 aromatic rings. The van der Waals surface area contributed by atoms with E-state index < -0.39 is 28.4 Å². The summed E-state index contributed by atoms with van der Waals surface area (Å²) in [5.41, 5.74) is 1.81. The summed E-state index contributed by atoms with van der Waals surface area (Å²) in [6.45, 7) is 2.22. The second-order valence-corrected chi connectivity index (χ2v) is 13.2. The zero-order chi connectivity index (χ0) is 29.7. The highest BCUT2D eigenvalue weighted by atomic mass is 32.2. The SMILES string of the molecule is COC(=O)N1[C@H](C)C[C@H](N(Cc2ccc(OC)cc2)S(=O)(=O)N(C)C)[C@@H]1COC1CCC(c2cccc(F)c2)CC1. The molecule has 0 aromatic heterocycles. The number of rotatable bonds is 10. The first-order valence-electron chi connectivity index (χ1n) is 14.1. The Labute approximate surface area is 243 Å². The van der Waals surface area contributed by atoms with E-state index in [9.17, 15) is 17.6 Å². The Bertz CT molecular complexity index is 1270. The fraction of sp³-hybridized carbons (Fsp3) is 0.567. The van der Waals surface area contributed by atoms with Crippen LogP contribution in [-0.2, 0) is 26.2 Å². The van der Waals surface area contributed by atoms with Gasteiger partial charge in [0, 0.05) is 26.7 Å². The van der Waals surface area contributed by atoms with Crippen LogP contribution in [0, 0.1) is 5.82 Å². The first-order chi connectivity index (χ1) is 19.5. The van der Waals surface area contributed by atoms with Crippen LogP contribution < -0.4 is 4.74 Å². The minimum atomic E-state index is -3.86. The third kappa shape index (κ3) is 7.20. The summed E-state index contributed by atoms with van der Waals surface area (Å²) in [6, 6.07) is 12.8. The van der Waals surface area contributed by atoms with Crippen molar-refractivity contribution in [2.45, 2.75) is 75.7 Å². The van der Waals surface area contributed by atoms with Crippen molar-refractivity contribution in [1.82, 2.24) is 13.5 Å². The average molecular weight is 592 g/mol. The summed E-state index contributed by atoms with van der Waals surface area (Å²) < 4.78 is 60.5. The Balaban J connectivity index is 1.53. The molecule has 1 heterocycles. The molecule has 0 spiro atoms. The van der Waals surface area contributed by atoms with Gasteiger partial charge < -0.3 is 14.2 Å². The van der Waals surface area contributed by atoms with Crippen molar-refractivity contribution in [2.24, 2.45) is 0 Å². The number of benzene rings is 2. The smallest absolute Gasteiger partial charge is 0.410 e. The van der Waals surface area contributed by atoms with E-state index in [4.69, 9.17) is 14.2 Å². The number of methoxy groups -OCH3 is 2. The molecule has 3 atom stereocenters. The molecule has 2 fully saturated rings. The highest BCUT2D eigenvalue weighted by molar-refractivity contribution is 7.86. The lowest BCUT2D eigenvalue weighted by molar-refractivity contribution is -0.0141. The zero-order valence-corrected chi connectivity index (χ0v) is 25.3. The van der Waals surface area contributed by atoms with Gasteiger partial charge in [-0.05, 0) is 80.3 Å². The van der Waals surface area contributed by atoms with Crippen molar-refractivity contribution in [1.29, 1.82) is 0 Å². The molecular weight excluding hydrogens is 549 g/mol. The number of halogens is 1. The molecule has 9 nitrogen and oxygen atoms in total. The maximum absolute atomic E-state index is 13.7. The van der Waals surface area contributed by atoms with Gasteiger partial charge in [0.2, 0.25) is 0 Å². The number of amides is 1. The fourth-order valence-corrected chi connectivity index (χ4v) is 7.40. The Kier molecular flexibility index (Phi) is 10.3. The quantitative estimate of drug-likeness (QED) is 0.395. The highest BCUT2D eigenvalue weighted by Crippen LogP contribution is 2.36. The van der Waals surface area contributed by atoms with E-state index in [0.717, 1.165) is 36.8 Å². The summed E-state index contributed by atoms with van der Waals surface area (Å²) in [5, 5.41) is 0. The van der Waals surface area contributed by atoms with E-state index in [0.29, 0.717) is 12.2 Å². The summed E-state index contributed by atoms with van der Waals surface area (Å²) in [6.07, 6.45) is 3.26. The number of hydrogen-bond donors (Lipinski definition) is 0. The van der Waals surface area contributed by atoms with Gasteiger partial charge in [0.15, 0.2) is 0 Å². The maximum Gasteiger partial charge on any atom is 0.410 e. The van der Waals surface area contributed by atoms with Gasteiger partial charge in [-0.2, -0.15) is 17.0 Å². The minimum Gasteiger partial charge on any atom is -0.497 e. The summed E-state index contributed by atoms with van der Waals surface area (Å²) in [4.78, 5) is 14.5. The molecule has 1 aliphatic carbocycles. The van der Waals surface area contributed by atoms with E-state index in [1.807, 2.05) is 25.1 Å². The second kappa shape index (κ2) is 13.5. The van der Waals surface area contributed by atoms with Crippen LogP contribution in [-0.4, -0.2) is 87.2 Å². The number of carbonyl (C=O) groups excluding carboxylic acids is 1. The van der Waals surface area contributed by atoms with Crippen LogP contribution in [0.25, 0.3) is 0 Å². The zero-order valence-electron chi connectivity index (χ0n) is 24.5. The summed E-state index contributed by atoms with van der Waals surface area (Å²) in [5.74, 6) is 0.735. The highest BCUT2D eigenvalue weighted by Gasteiger charge is 2.49. The largest absolute Gasteiger partial charge is 0.497 e. The van der Waals surface area contributed by atoms with Gasteiger partial charge in [-0.1, -0.05) is 24.3 Å². The van der Waals surface area contributed by atoms with Crippen molar-refractivity contribution in [3.8, 4) is 5.75 Å². The van der Waals surface area contributed by atoms with Crippen molar-refractivity contribution in [2.75, 3.05) is 34.9 Å². The Morgan fingerprint density at radius 2 is 1.73 bits per heavy atom. The van der Waals surface area contributed by atoms with Crippen LogP contribution in [0.4, 0.5) is 9.18 Å². The first kappa shape index (κ1) is 31.2. The molecule has 1 amide bonds. The van der Waals surface area contributed by atoms with Gasteiger partial charge in [-0.25, -0.2) is 9.18 Å². The van der Waals surface area contributed by atoms with Crippen LogP contribution in [0.2, 0.25) is 0 Å². The van der Waals surface area contributed by atoms with Gasteiger partial charge in [-0.3, -0.25) is 4.90 Å². The van der Waals surface area contributed by atoms with Gasteiger partial charge in [0.1, 0.15) is 11.6 Å². The summed E-state index contributed by atoms with van der Waals surface area (Å²) >= 11 is 0. The minimum absolute atomic E-state index is 0.0312. The normalized spacial score (nSPS) is 25.1. The van der Waals surface area contributed by atoms with Crippen LogP contribution in [0.3, 0.4) is 0 Å². The number of likely N-dealkylation sites (tertiary alicyclic amines) is 1. The van der Waals surface area contributed by atoms with Gasteiger partial charge >= 0.3 is 6.09 Å². The lowest BCUT2D eigenvalue weighted by Gasteiger charge is -2.37. The molecule has 1 saturated carbocycles. The van der Waals surface area contributed by atoms with E-state index >= 15 is 0 Å². The molecule has 0 N–H and O–H groups in total.